The zero-order valence-corrected chi connectivity index (χ0v) is 14.1. The average Bonchev–Trinajstić information content (AvgIpc) is 3.14. The van der Waals surface area contributed by atoms with E-state index < -0.39 is 12.2 Å². The zero-order valence-electron chi connectivity index (χ0n) is 13.3. The van der Waals surface area contributed by atoms with E-state index in [1.54, 1.807) is 10.9 Å². The highest BCUT2D eigenvalue weighted by atomic mass is 35.5. The third-order valence-corrected chi connectivity index (χ3v) is 5.18. The van der Waals surface area contributed by atoms with Crippen LogP contribution in [0, 0.1) is 5.92 Å². The lowest BCUT2D eigenvalue weighted by Gasteiger charge is -2.18. The fourth-order valence-corrected chi connectivity index (χ4v) is 3.74. The van der Waals surface area contributed by atoms with Crippen molar-refractivity contribution in [3.63, 3.8) is 0 Å². The van der Waals surface area contributed by atoms with Crippen LogP contribution in [0.25, 0.3) is 11.2 Å². The number of anilines is 1. The highest BCUT2D eigenvalue weighted by molar-refractivity contribution is 6.30. The SMILES string of the molecule is Nc1ncnc2c1ncn2[C@@H]1C[C@H](Cc2ccc(Cl)cc2)[C@@H](O)[C@H]1O. The number of aliphatic hydroxyl groups is 2. The van der Waals surface area contributed by atoms with Crippen LogP contribution in [0.5, 0.6) is 0 Å². The number of aliphatic hydroxyl groups excluding tert-OH is 2. The van der Waals surface area contributed by atoms with Gasteiger partial charge in [0, 0.05) is 5.02 Å². The number of hydrogen-bond donors (Lipinski definition) is 3. The first kappa shape index (κ1) is 16.3. The minimum absolute atomic E-state index is 0.0715. The van der Waals surface area contributed by atoms with Gasteiger partial charge in [-0.2, -0.15) is 0 Å². The summed E-state index contributed by atoms with van der Waals surface area (Å²) in [4.78, 5) is 12.4. The minimum atomic E-state index is -0.897. The van der Waals surface area contributed by atoms with E-state index in [0.29, 0.717) is 34.8 Å². The van der Waals surface area contributed by atoms with E-state index in [9.17, 15) is 10.2 Å². The Morgan fingerprint density at radius 2 is 1.88 bits per heavy atom. The number of rotatable bonds is 3. The molecule has 25 heavy (non-hydrogen) atoms. The molecular weight excluding hydrogens is 342 g/mol. The second-order valence-corrected chi connectivity index (χ2v) is 6.89. The molecule has 1 aliphatic rings. The van der Waals surface area contributed by atoms with E-state index in [1.807, 2.05) is 24.3 Å². The van der Waals surface area contributed by atoms with Gasteiger partial charge in [-0.15, -0.1) is 0 Å². The van der Waals surface area contributed by atoms with E-state index in [-0.39, 0.29) is 12.0 Å². The number of halogens is 1. The number of nitrogens with two attached hydrogens (primary N) is 1. The van der Waals surface area contributed by atoms with Gasteiger partial charge >= 0.3 is 0 Å². The number of nitrogen functional groups attached to an aromatic ring is 1. The van der Waals surface area contributed by atoms with Gasteiger partial charge in [-0.3, -0.25) is 0 Å². The van der Waals surface area contributed by atoms with E-state index in [1.165, 1.54) is 6.33 Å². The molecular formula is C17H18ClN5O2. The Labute approximate surface area is 149 Å². The molecule has 4 rings (SSSR count). The van der Waals surface area contributed by atoms with Crippen molar-refractivity contribution in [3.05, 3.63) is 47.5 Å². The maximum Gasteiger partial charge on any atom is 0.165 e. The number of fused-ring (bicyclic) bond motifs is 1. The van der Waals surface area contributed by atoms with Crippen molar-refractivity contribution in [2.75, 3.05) is 5.73 Å². The van der Waals surface area contributed by atoms with Crippen molar-refractivity contribution < 1.29 is 10.2 Å². The van der Waals surface area contributed by atoms with Gasteiger partial charge in [0.2, 0.25) is 0 Å². The first-order valence-corrected chi connectivity index (χ1v) is 8.46. The van der Waals surface area contributed by atoms with Crippen LogP contribution in [0.4, 0.5) is 5.82 Å². The summed E-state index contributed by atoms with van der Waals surface area (Å²) >= 11 is 5.92. The lowest BCUT2D eigenvalue weighted by molar-refractivity contribution is 0.00676. The van der Waals surface area contributed by atoms with Crippen molar-refractivity contribution in [1.82, 2.24) is 19.5 Å². The van der Waals surface area contributed by atoms with Crippen LogP contribution in [-0.4, -0.2) is 41.9 Å². The number of benzene rings is 1. The van der Waals surface area contributed by atoms with E-state index in [0.717, 1.165) is 5.56 Å². The molecule has 0 bridgehead atoms. The first-order valence-electron chi connectivity index (χ1n) is 8.08. The van der Waals surface area contributed by atoms with Crippen molar-refractivity contribution in [2.45, 2.75) is 31.1 Å². The number of nitrogens with zero attached hydrogens (tertiary/aromatic N) is 4. The van der Waals surface area contributed by atoms with Gasteiger partial charge in [0.15, 0.2) is 11.5 Å². The maximum absolute atomic E-state index is 10.6. The van der Waals surface area contributed by atoms with Crippen LogP contribution < -0.4 is 5.73 Å². The zero-order chi connectivity index (χ0) is 17.6. The third kappa shape index (κ3) is 2.84. The van der Waals surface area contributed by atoms with Crippen LogP contribution >= 0.6 is 11.6 Å². The number of hydrogen-bond acceptors (Lipinski definition) is 6. The number of aromatic nitrogens is 4. The van der Waals surface area contributed by atoms with Crippen LogP contribution in [-0.2, 0) is 6.42 Å². The predicted molar refractivity (Wildman–Crippen MR) is 94.0 cm³/mol. The van der Waals surface area contributed by atoms with Crippen LogP contribution in [0.2, 0.25) is 5.02 Å². The van der Waals surface area contributed by atoms with Gasteiger partial charge in [-0.05, 0) is 36.5 Å². The molecule has 0 spiro atoms. The minimum Gasteiger partial charge on any atom is -0.390 e. The van der Waals surface area contributed by atoms with Gasteiger partial charge < -0.3 is 20.5 Å². The highest BCUT2D eigenvalue weighted by Gasteiger charge is 2.42. The van der Waals surface area contributed by atoms with Gasteiger partial charge in [-0.25, -0.2) is 15.0 Å². The molecule has 130 valence electrons. The average molecular weight is 360 g/mol. The van der Waals surface area contributed by atoms with Crippen molar-refractivity contribution in [3.8, 4) is 0 Å². The van der Waals surface area contributed by atoms with E-state index >= 15 is 0 Å². The molecule has 8 heteroatoms. The molecule has 2 heterocycles. The highest BCUT2D eigenvalue weighted by Crippen LogP contribution is 2.38. The van der Waals surface area contributed by atoms with Crippen LogP contribution in [0.1, 0.15) is 18.0 Å². The van der Waals surface area contributed by atoms with Crippen LogP contribution in [0.15, 0.2) is 36.9 Å². The summed E-state index contributed by atoms with van der Waals surface area (Å²) in [6, 6.07) is 7.22. The Morgan fingerprint density at radius 3 is 2.64 bits per heavy atom. The second-order valence-electron chi connectivity index (χ2n) is 6.46. The van der Waals surface area contributed by atoms with Crippen LogP contribution in [0.3, 0.4) is 0 Å². The molecule has 1 saturated carbocycles. The smallest absolute Gasteiger partial charge is 0.165 e. The summed E-state index contributed by atoms with van der Waals surface area (Å²) in [5, 5.41) is 21.7. The molecule has 1 aliphatic carbocycles. The van der Waals surface area contributed by atoms with Crippen molar-refractivity contribution in [1.29, 1.82) is 0 Å². The molecule has 4 N–H and O–H groups in total. The molecule has 2 aromatic heterocycles. The molecule has 7 nitrogen and oxygen atoms in total. The summed E-state index contributed by atoms with van der Waals surface area (Å²) in [6.45, 7) is 0. The molecule has 3 aromatic rings. The first-order chi connectivity index (χ1) is 12.0. The molecule has 0 radical (unpaired) electrons. The van der Waals surface area contributed by atoms with E-state index in [4.69, 9.17) is 17.3 Å². The largest absolute Gasteiger partial charge is 0.390 e. The monoisotopic (exact) mass is 359 g/mol. The molecule has 0 aliphatic heterocycles. The van der Waals surface area contributed by atoms with Gasteiger partial charge in [0.25, 0.3) is 0 Å². The topological polar surface area (TPSA) is 110 Å². The third-order valence-electron chi connectivity index (χ3n) is 4.93. The Hall–Kier alpha value is -2.22. The molecule has 4 atom stereocenters. The quantitative estimate of drug-likeness (QED) is 0.655. The Balaban J connectivity index is 1.61. The van der Waals surface area contributed by atoms with E-state index in [2.05, 4.69) is 15.0 Å². The summed E-state index contributed by atoms with van der Waals surface area (Å²) in [5.41, 5.74) is 7.97. The number of imidazole rings is 1. The Bertz CT molecular complexity index is 898. The summed E-state index contributed by atoms with van der Waals surface area (Å²) in [7, 11) is 0. The van der Waals surface area contributed by atoms with Crippen molar-refractivity contribution >= 4 is 28.6 Å². The van der Waals surface area contributed by atoms with Gasteiger partial charge in [-0.1, -0.05) is 23.7 Å². The summed E-state index contributed by atoms with van der Waals surface area (Å²) in [6.07, 6.45) is 2.53. The standard InChI is InChI=1S/C17H18ClN5O2/c18-11-3-1-9(2-4-11)5-10-6-12(15(25)14(10)24)23-8-22-13-16(19)20-7-21-17(13)23/h1-4,7-8,10,12,14-15,24-25H,5-6H2,(H2,19,20,21)/t10-,12+,14+,15-/m0/s1. The summed E-state index contributed by atoms with van der Waals surface area (Å²) < 4.78 is 1.78. The van der Waals surface area contributed by atoms with Crippen molar-refractivity contribution in [2.24, 2.45) is 5.92 Å². The van der Waals surface area contributed by atoms with Gasteiger partial charge in [0.1, 0.15) is 17.9 Å². The lowest BCUT2D eigenvalue weighted by atomic mass is 9.96. The Morgan fingerprint density at radius 1 is 1.12 bits per heavy atom. The normalized spacial score (nSPS) is 26.4. The fourth-order valence-electron chi connectivity index (χ4n) is 3.61. The van der Waals surface area contributed by atoms with Gasteiger partial charge in [0.05, 0.1) is 18.5 Å². The maximum atomic E-state index is 10.6. The molecule has 0 unspecified atom stereocenters. The second kappa shape index (κ2) is 6.25. The molecule has 1 aromatic carbocycles. The molecule has 1 fully saturated rings. The molecule has 0 saturated heterocycles. The Kier molecular flexibility index (Phi) is 4.07. The lowest BCUT2D eigenvalue weighted by Crippen LogP contribution is -2.30. The summed E-state index contributed by atoms with van der Waals surface area (Å²) in [5.74, 6) is 0.229. The fraction of sp³-hybridized carbons (Fsp3) is 0.353. The predicted octanol–water partition coefficient (Wildman–Crippen LogP) is 1.59. The molecule has 0 amide bonds.